The fourth-order valence-corrected chi connectivity index (χ4v) is 4.66. The zero-order valence-electron chi connectivity index (χ0n) is 17.6. The smallest absolute Gasteiger partial charge is 0.311 e. The van der Waals surface area contributed by atoms with Crippen molar-refractivity contribution < 1.29 is 14.3 Å². The van der Waals surface area contributed by atoms with Crippen molar-refractivity contribution >= 4 is 36.1 Å². The van der Waals surface area contributed by atoms with E-state index in [2.05, 4.69) is 19.9 Å². The van der Waals surface area contributed by atoms with E-state index in [0.29, 0.717) is 12.5 Å². The fourth-order valence-electron chi connectivity index (χ4n) is 4.66. The molecule has 4 atom stereocenters. The molecule has 0 N–H and O–H groups in total. The van der Waals surface area contributed by atoms with Crippen LogP contribution in [0.3, 0.4) is 0 Å². The summed E-state index contributed by atoms with van der Waals surface area (Å²) < 4.78 is 5.67. The molecule has 1 spiro atoms. The molecule has 4 heteroatoms. The molecule has 30 heavy (non-hydrogen) atoms. The normalized spacial score (nSPS) is 26.1. The molecule has 0 amide bonds. The van der Waals surface area contributed by atoms with Crippen molar-refractivity contribution in [1.82, 2.24) is 0 Å². The number of rotatable bonds is 7. The summed E-state index contributed by atoms with van der Waals surface area (Å²) in [6.07, 6.45) is 15.3. The van der Waals surface area contributed by atoms with Gasteiger partial charge in [-0.05, 0) is 58.2 Å². The van der Waals surface area contributed by atoms with E-state index in [4.69, 9.17) is 4.74 Å². The summed E-state index contributed by atoms with van der Waals surface area (Å²) in [6.45, 7) is 4.72. The third-order valence-corrected chi connectivity index (χ3v) is 6.67. The first-order valence-corrected chi connectivity index (χ1v) is 10.9. The number of nitriles is 1. The van der Waals surface area contributed by atoms with Crippen LogP contribution in [0.4, 0.5) is 0 Å². The Morgan fingerprint density at radius 2 is 1.97 bits per heavy atom. The highest BCUT2D eigenvalue weighted by molar-refractivity contribution is 6.16. The fraction of sp³-hybridized carbons (Fsp3) is 0.423. The molecule has 3 aliphatic carbocycles. The molecule has 1 fully saturated rings. The number of ketones is 1. The first-order chi connectivity index (χ1) is 14.5. The molecule has 4 unspecified atom stereocenters. The third-order valence-electron chi connectivity index (χ3n) is 6.67. The van der Waals surface area contributed by atoms with Crippen LogP contribution in [0.5, 0.6) is 0 Å². The highest BCUT2D eigenvalue weighted by Gasteiger charge is 2.67. The van der Waals surface area contributed by atoms with Crippen LogP contribution in [0.25, 0.3) is 24.3 Å². The standard InChI is InChI=1S/C26H27NO3/c1-3-5-6-17(4-2)16-30-25(29)24-23(15-27)26(24)10-9-19-11-20-13-22(28)8-7-18(20)12-21(19)14-26/h7-14,17,23-24H,3-6,16H2,1-2H3. The van der Waals surface area contributed by atoms with E-state index in [-0.39, 0.29) is 11.8 Å². The Bertz CT molecular complexity index is 1100. The minimum atomic E-state index is -0.587. The van der Waals surface area contributed by atoms with Crippen LogP contribution in [-0.2, 0) is 14.3 Å². The van der Waals surface area contributed by atoms with Gasteiger partial charge in [0, 0.05) is 5.41 Å². The van der Waals surface area contributed by atoms with Crippen LogP contribution in [0.15, 0.2) is 24.3 Å². The summed E-state index contributed by atoms with van der Waals surface area (Å²) in [7, 11) is 0. The van der Waals surface area contributed by atoms with Gasteiger partial charge < -0.3 is 4.74 Å². The molecule has 1 saturated carbocycles. The number of ether oxygens (including phenoxy) is 1. The molecule has 4 nitrogen and oxygen atoms in total. The predicted molar refractivity (Wildman–Crippen MR) is 117 cm³/mol. The Balaban J connectivity index is 1.56. The second-order valence-electron chi connectivity index (χ2n) is 8.60. The summed E-state index contributed by atoms with van der Waals surface area (Å²) in [4.78, 5) is 24.5. The third kappa shape index (κ3) is 3.54. The minimum Gasteiger partial charge on any atom is -0.465 e. The van der Waals surface area contributed by atoms with Gasteiger partial charge in [0.1, 0.15) is 0 Å². The molecule has 1 aromatic rings. The van der Waals surface area contributed by atoms with Crippen LogP contribution in [0.2, 0.25) is 0 Å². The molecule has 154 valence electrons. The quantitative estimate of drug-likeness (QED) is 0.657. The number of hydrogen-bond donors (Lipinski definition) is 0. The van der Waals surface area contributed by atoms with Crippen LogP contribution in [0, 0.1) is 34.5 Å². The lowest BCUT2D eigenvalue weighted by molar-refractivity contribution is -0.147. The number of esters is 1. The average molecular weight is 402 g/mol. The van der Waals surface area contributed by atoms with Crippen molar-refractivity contribution in [3.8, 4) is 6.07 Å². The molecular weight excluding hydrogens is 374 g/mol. The van der Waals surface area contributed by atoms with E-state index in [1.807, 2.05) is 36.4 Å². The van der Waals surface area contributed by atoms with Crippen molar-refractivity contribution in [2.75, 3.05) is 6.61 Å². The maximum Gasteiger partial charge on any atom is 0.311 e. The Labute approximate surface area is 177 Å². The number of nitrogens with zero attached hydrogens (tertiary/aromatic N) is 1. The maximum atomic E-state index is 12.8. The van der Waals surface area contributed by atoms with Crippen LogP contribution >= 0.6 is 0 Å². The van der Waals surface area contributed by atoms with E-state index in [0.717, 1.165) is 47.2 Å². The molecule has 0 bridgehead atoms. The van der Waals surface area contributed by atoms with Gasteiger partial charge in [-0.1, -0.05) is 57.4 Å². The number of carbonyl (C=O) groups is 2. The molecule has 0 radical (unpaired) electrons. The minimum absolute atomic E-state index is 0.0124. The second kappa shape index (κ2) is 8.07. The van der Waals surface area contributed by atoms with E-state index in [1.165, 1.54) is 0 Å². The highest BCUT2D eigenvalue weighted by atomic mass is 16.5. The van der Waals surface area contributed by atoms with Gasteiger partial charge in [-0.2, -0.15) is 5.26 Å². The van der Waals surface area contributed by atoms with Crippen LogP contribution in [0.1, 0.15) is 50.7 Å². The Kier molecular flexibility index (Phi) is 5.47. The van der Waals surface area contributed by atoms with Gasteiger partial charge in [-0.15, -0.1) is 0 Å². The lowest BCUT2D eigenvalue weighted by atomic mass is 9.90. The summed E-state index contributed by atoms with van der Waals surface area (Å²) in [5.74, 6) is -0.743. The van der Waals surface area contributed by atoms with Crippen LogP contribution < -0.4 is 10.4 Å². The average Bonchev–Trinajstić information content (AvgIpc) is 3.38. The van der Waals surface area contributed by atoms with Crippen molar-refractivity contribution in [3.63, 3.8) is 0 Å². The largest absolute Gasteiger partial charge is 0.465 e. The summed E-state index contributed by atoms with van der Waals surface area (Å²) in [6, 6.07) is 6.34. The maximum absolute atomic E-state index is 12.8. The van der Waals surface area contributed by atoms with Gasteiger partial charge in [0.15, 0.2) is 5.78 Å². The monoisotopic (exact) mass is 401 g/mol. The van der Waals surface area contributed by atoms with Gasteiger partial charge in [-0.25, -0.2) is 0 Å². The molecular formula is C26H27NO3. The van der Waals surface area contributed by atoms with Crippen molar-refractivity contribution in [2.45, 2.75) is 39.5 Å². The zero-order valence-corrected chi connectivity index (χ0v) is 17.6. The predicted octanol–water partition coefficient (Wildman–Crippen LogP) is 3.39. The van der Waals surface area contributed by atoms with Crippen molar-refractivity contribution in [2.24, 2.45) is 23.2 Å². The Morgan fingerprint density at radius 1 is 1.20 bits per heavy atom. The van der Waals surface area contributed by atoms with Crippen molar-refractivity contribution in [3.05, 3.63) is 45.8 Å². The molecule has 0 heterocycles. The molecule has 0 aliphatic heterocycles. The van der Waals surface area contributed by atoms with E-state index < -0.39 is 17.3 Å². The zero-order chi connectivity index (χ0) is 21.3. The van der Waals surface area contributed by atoms with Gasteiger partial charge in [0.25, 0.3) is 0 Å². The Morgan fingerprint density at radius 3 is 2.70 bits per heavy atom. The Hall–Kier alpha value is -2.93. The lowest BCUT2D eigenvalue weighted by Crippen LogP contribution is -2.24. The van der Waals surface area contributed by atoms with E-state index in [1.54, 1.807) is 12.2 Å². The highest BCUT2D eigenvalue weighted by Crippen LogP contribution is 2.62. The second-order valence-corrected chi connectivity index (χ2v) is 8.60. The molecule has 3 aliphatic rings. The topological polar surface area (TPSA) is 67.2 Å². The van der Waals surface area contributed by atoms with Gasteiger partial charge in [0.05, 0.1) is 24.5 Å². The first kappa shape index (κ1) is 20.3. The SMILES string of the molecule is CCCCC(CC)COC(=O)C1C(C#N)C12C=Cc1cc3c(cc1=C2)C=CC(=O)C=3. The molecule has 1 aromatic carbocycles. The summed E-state index contributed by atoms with van der Waals surface area (Å²) in [5, 5.41) is 11.6. The van der Waals surface area contributed by atoms with Gasteiger partial charge in [0.2, 0.25) is 0 Å². The van der Waals surface area contributed by atoms with Crippen molar-refractivity contribution in [1.29, 1.82) is 5.26 Å². The van der Waals surface area contributed by atoms with Gasteiger partial charge >= 0.3 is 5.97 Å². The number of carbonyl (C=O) groups excluding carboxylic acids is 2. The molecule has 4 rings (SSSR count). The van der Waals surface area contributed by atoms with Crippen LogP contribution in [-0.4, -0.2) is 18.4 Å². The lowest BCUT2D eigenvalue weighted by Gasteiger charge is -2.16. The number of allylic oxidation sites excluding steroid dienone is 2. The summed E-state index contributed by atoms with van der Waals surface area (Å²) in [5.41, 5.74) is 1.39. The van der Waals surface area contributed by atoms with Gasteiger partial charge in [-0.3, -0.25) is 9.59 Å². The van der Waals surface area contributed by atoms with E-state index in [9.17, 15) is 14.9 Å². The number of hydrogen-bond acceptors (Lipinski definition) is 4. The number of benzene rings is 1. The summed E-state index contributed by atoms with van der Waals surface area (Å²) >= 11 is 0. The molecule has 0 saturated heterocycles. The van der Waals surface area contributed by atoms with E-state index >= 15 is 0 Å². The first-order valence-electron chi connectivity index (χ1n) is 10.9. The number of unbranched alkanes of at least 4 members (excludes halogenated alkanes) is 1. The number of fused-ring (bicyclic) bond motifs is 2. The molecule has 0 aromatic heterocycles.